The van der Waals surface area contributed by atoms with E-state index < -0.39 is 0 Å². The molecule has 1 aliphatic carbocycles. The zero-order valence-electron chi connectivity index (χ0n) is 12.9. The van der Waals surface area contributed by atoms with Crippen LogP contribution in [0.2, 0.25) is 0 Å². The highest BCUT2D eigenvalue weighted by molar-refractivity contribution is 7.09. The minimum atomic E-state index is 0.144. The third-order valence-electron chi connectivity index (χ3n) is 4.28. The number of methoxy groups -OCH3 is 1. The van der Waals surface area contributed by atoms with Crippen LogP contribution in [0.15, 0.2) is 5.38 Å². The zero-order valence-corrected chi connectivity index (χ0v) is 13.7. The first-order valence-corrected chi connectivity index (χ1v) is 7.84. The first-order valence-electron chi connectivity index (χ1n) is 6.96. The number of ether oxygens (including phenoxy) is 1. The molecule has 2 unspecified atom stereocenters. The molecule has 1 heterocycles. The summed E-state index contributed by atoms with van der Waals surface area (Å²) in [6.45, 7) is 12.0. The lowest BCUT2D eigenvalue weighted by Crippen LogP contribution is -2.60. The Kier molecular flexibility index (Phi) is 4.05. The van der Waals surface area contributed by atoms with Crippen LogP contribution in [0, 0.1) is 5.41 Å². The van der Waals surface area contributed by atoms with Crippen molar-refractivity contribution in [3.8, 4) is 0 Å². The average Bonchev–Trinajstić information content (AvgIpc) is 2.76. The van der Waals surface area contributed by atoms with E-state index in [0.29, 0.717) is 12.1 Å². The number of hydrogen-bond acceptors (Lipinski definition) is 4. The van der Waals surface area contributed by atoms with E-state index in [1.807, 2.05) is 0 Å². The van der Waals surface area contributed by atoms with E-state index in [2.05, 4.69) is 45.3 Å². The molecule has 1 aromatic rings. The van der Waals surface area contributed by atoms with Crippen molar-refractivity contribution in [3.63, 3.8) is 0 Å². The number of thiazole rings is 1. The van der Waals surface area contributed by atoms with Crippen LogP contribution in [0.25, 0.3) is 0 Å². The predicted molar refractivity (Wildman–Crippen MR) is 80.6 cm³/mol. The summed E-state index contributed by atoms with van der Waals surface area (Å²) in [6.07, 6.45) is 1.48. The molecule has 1 N–H and O–H groups in total. The number of hydrogen-bond donors (Lipinski definition) is 1. The van der Waals surface area contributed by atoms with Gasteiger partial charge in [-0.05, 0) is 6.42 Å². The Morgan fingerprint density at radius 2 is 2.16 bits per heavy atom. The van der Waals surface area contributed by atoms with Gasteiger partial charge in [-0.25, -0.2) is 4.98 Å². The molecule has 108 valence electrons. The fraction of sp³-hybridized carbons (Fsp3) is 0.800. The van der Waals surface area contributed by atoms with E-state index in [4.69, 9.17) is 9.72 Å². The second-order valence-corrected chi connectivity index (χ2v) is 8.03. The third-order valence-corrected chi connectivity index (χ3v) is 5.13. The van der Waals surface area contributed by atoms with Crippen LogP contribution < -0.4 is 5.32 Å². The molecule has 19 heavy (non-hydrogen) atoms. The van der Waals surface area contributed by atoms with E-state index in [9.17, 15) is 0 Å². The predicted octanol–water partition coefficient (Wildman–Crippen LogP) is 3.34. The van der Waals surface area contributed by atoms with Gasteiger partial charge in [0, 0.05) is 35.9 Å². The van der Waals surface area contributed by atoms with Crippen LogP contribution in [0.3, 0.4) is 0 Å². The first kappa shape index (κ1) is 14.9. The molecule has 0 bridgehead atoms. The lowest BCUT2D eigenvalue weighted by Gasteiger charge is -2.51. The largest absolute Gasteiger partial charge is 0.381 e. The monoisotopic (exact) mass is 282 g/mol. The van der Waals surface area contributed by atoms with Crippen LogP contribution in [-0.4, -0.2) is 24.2 Å². The smallest absolute Gasteiger partial charge is 0.107 e. The molecule has 0 spiro atoms. The highest BCUT2D eigenvalue weighted by Crippen LogP contribution is 2.42. The average molecular weight is 282 g/mol. The fourth-order valence-electron chi connectivity index (χ4n) is 2.58. The third kappa shape index (κ3) is 3.01. The van der Waals surface area contributed by atoms with Gasteiger partial charge in [0.25, 0.3) is 0 Å². The molecule has 3 nitrogen and oxygen atoms in total. The topological polar surface area (TPSA) is 34.1 Å². The van der Waals surface area contributed by atoms with E-state index in [0.717, 1.165) is 13.0 Å². The molecule has 4 heteroatoms. The SMILES string of the molecule is COC1CC(NCc2nc(C(C)(C)C)cs2)C1(C)C. The molecule has 2 rings (SSSR count). The molecule has 1 aliphatic rings. The maximum absolute atomic E-state index is 5.48. The number of aromatic nitrogens is 1. The van der Waals surface area contributed by atoms with Gasteiger partial charge in [0.1, 0.15) is 5.01 Å². The van der Waals surface area contributed by atoms with Gasteiger partial charge in [0.15, 0.2) is 0 Å². The van der Waals surface area contributed by atoms with Crippen LogP contribution in [0.5, 0.6) is 0 Å². The molecule has 0 saturated heterocycles. The Labute approximate surface area is 120 Å². The van der Waals surface area contributed by atoms with Crippen LogP contribution in [-0.2, 0) is 16.7 Å². The summed E-state index contributed by atoms with van der Waals surface area (Å²) >= 11 is 1.75. The molecular weight excluding hydrogens is 256 g/mol. The molecule has 1 aromatic heterocycles. The molecule has 1 fully saturated rings. The standard InChI is InChI=1S/C15H26N2OS/c1-14(2,3)11-9-19-13(17-11)8-16-10-7-12(18-6)15(10,4)5/h9-10,12,16H,7-8H2,1-6H3. The van der Waals surface area contributed by atoms with Crippen molar-refractivity contribution in [2.45, 2.75) is 65.1 Å². The Morgan fingerprint density at radius 1 is 1.47 bits per heavy atom. The van der Waals surface area contributed by atoms with Gasteiger partial charge in [-0.2, -0.15) is 0 Å². The van der Waals surface area contributed by atoms with Crippen molar-refractivity contribution >= 4 is 11.3 Å². The Balaban J connectivity index is 1.89. The quantitative estimate of drug-likeness (QED) is 0.919. The molecule has 2 atom stereocenters. The summed E-state index contributed by atoms with van der Waals surface area (Å²) in [5, 5.41) is 6.99. The van der Waals surface area contributed by atoms with Crippen molar-refractivity contribution in [1.82, 2.24) is 10.3 Å². The number of nitrogens with zero attached hydrogens (tertiary/aromatic N) is 1. The Bertz CT molecular complexity index is 434. The number of nitrogens with one attached hydrogen (secondary N) is 1. The van der Waals surface area contributed by atoms with Gasteiger partial charge in [-0.3, -0.25) is 0 Å². The lowest BCUT2D eigenvalue weighted by atomic mass is 9.64. The van der Waals surface area contributed by atoms with Crippen LogP contribution in [0.4, 0.5) is 0 Å². The second-order valence-electron chi connectivity index (χ2n) is 7.09. The summed E-state index contributed by atoms with van der Waals surface area (Å²) < 4.78 is 5.48. The minimum absolute atomic E-state index is 0.144. The molecule has 0 aromatic carbocycles. The summed E-state index contributed by atoms with van der Waals surface area (Å²) in [4.78, 5) is 4.72. The van der Waals surface area contributed by atoms with Gasteiger partial charge in [0.05, 0.1) is 11.8 Å². The van der Waals surface area contributed by atoms with E-state index in [1.165, 1.54) is 10.7 Å². The fourth-order valence-corrected chi connectivity index (χ4v) is 3.55. The van der Waals surface area contributed by atoms with Crippen molar-refractivity contribution in [3.05, 3.63) is 16.1 Å². The molecule has 0 aliphatic heterocycles. The second kappa shape index (κ2) is 5.15. The van der Waals surface area contributed by atoms with Crippen LogP contribution >= 0.6 is 11.3 Å². The maximum atomic E-state index is 5.48. The molecule has 1 saturated carbocycles. The Morgan fingerprint density at radius 3 is 2.63 bits per heavy atom. The van der Waals surface area contributed by atoms with Gasteiger partial charge >= 0.3 is 0 Å². The first-order chi connectivity index (χ1) is 8.75. The summed E-state index contributed by atoms with van der Waals surface area (Å²) in [5.41, 5.74) is 1.56. The lowest BCUT2D eigenvalue weighted by molar-refractivity contribution is -0.0979. The van der Waals surface area contributed by atoms with Gasteiger partial charge in [-0.1, -0.05) is 34.6 Å². The van der Waals surface area contributed by atoms with Gasteiger partial charge < -0.3 is 10.1 Å². The van der Waals surface area contributed by atoms with E-state index >= 15 is 0 Å². The van der Waals surface area contributed by atoms with E-state index in [1.54, 1.807) is 18.4 Å². The summed E-state index contributed by atoms with van der Waals surface area (Å²) in [6, 6.07) is 0.527. The van der Waals surface area contributed by atoms with Gasteiger partial charge in [0.2, 0.25) is 0 Å². The van der Waals surface area contributed by atoms with Gasteiger partial charge in [-0.15, -0.1) is 11.3 Å². The minimum Gasteiger partial charge on any atom is -0.381 e. The number of rotatable bonds is 4. The normalized spacial score (nSPS) is 26.2. The highest BCUT2D eigenvalue weighted by atomic mass is 32.1. The van der Waals surface area contributed by atoms with Crippen molar-refractivity contribution < 1.29 is 4.74 Å². The summed E-state index contributed by atoms with van der Waals surface area (Å²) in [7, 11) is 1.80. The van der Waals surface area contributed by atoms with Crippen molar-refractivity contribution in [1.29, 1.82) is 0 Å². The molecular formula is C15H26N2OS. The summed E-state index contributed by atoms with van der Waals surface area (Å²) in [5.74, 6) is 0. The highest BCUT2D eigenvalue weighted by Gasteiger charge is 2.48. The Hall–Kier alpha value is -0.450. The zero-order chi connectivity index (χ0) is 14.3. The molecule has 0 amide bonds. The molecule has 0 radical (unpaired) electrons. The van der Waals surface area contributed by atoms with Crippen molar-refractivity contribution in [2.75, 3.05) is 7.11 Å². The van der Waals surface area contributed by atoms with Crippen molar-refractivity contribution in [2.24, 2.45) is 5.41 Å². The van der Waals surface area contributed by atoms with Crippen LogP contribution in [0.1, 0.15) is 51.7 Å². The maximum Gasteiger partial charge on any atom is 0.107 e. The van der Waals surface area contributed by atoms with E-state index in [-0.39, 0.29) is 10.8 Å².